The Balaban J connectivity index is 1.44. The predicted molar refractivity (Wildman–Crippen MR) is 123 cm³/mol. The van der Waals surface area contributed by atoms with Crippen LogP contribution < -0.4 is 0 Å². The van der Waals surface area contributed by atoms with Crippen molar-refractivity contribution in [2.75, 3.05) is 32.8 Å². The van der Waals surface area contributed by atoms with Gasteiger partial charge in [-0.3, -0.25) is 4.79 Å². The number of carbonyl (C=O) groups is 1. The van der Waals surface area contributed by atoms with E-state index in [9.17, 15) is 9.90 Å². The Bertz CT molecular complexity index is 1070. The third kappa shape index (κ3) is 4.31. The van der Waals surface area contributed by atoms with Gasteiger partial charge < -0.3 is 24.1 Å². The number of morpholine rings is 1. The van der Waals surface area contributed by atoms with Gasteiger partial charge in [-0.15, -0.1) is 0 Å². The Morgan fingerprint density at radius 2 is 1.84 bits per heavy atom. The van der Waals surface area contributed by atoms with Crippen LogP contribution in [0.3, 0.4) is 0 Å². The van der Waals surface area contributed by atoms with E-state index in [-0.39, 0.29) is 24.2 Å². The van der Waals surface area contributed by atoms with Gasteiger partial charge >= 0.3 is 0 Å². The summed E-state index contributed by atoms with van der Waals surface area (Å²) in [5, 5.41) is 10.8. The summed E-state index contributed by atoms with van der Waals surface area (Å²) in [6.45, 7) is 5.44. The molecule has 5 rings (SSSR count). The van der Waals surface area contributed by atoms with Gasteiger partial charge in [0, 0.05) is 37.1 Å². The van der Waals surface area contributed by atoms with Crippen molar-refractivity contribution in [2.24, 2.45) is 0 Å². The van der Waals surface area contributed by atoms with Gasteiger partial charge in [-0.1, -0.05) is 30.3 Å². The third-order valence-electron chi connectivity index (χ3n) is 6.64. The molecule has 2 aliphatic rings. The highest BCUT2D eigenvalue weighted by Gasteiger charge is 2.38. The van der Waals surface area contributed by atoms with Gasteiger partial charge in [0.1, 0.15) is 11.3 Å². The van der Waals surface area contributed by atoms with Crippen LogP contribution in [-0.2, 0) is 4.74 Å². The number of aliphatic hydroxyl groups is 1. The van der Waals surface area contributed by atoms with Gasteiger partial charge in [0.25, 0.3) is 5.91 Å². The van der Waals surface area contributed by atoms with Crippen molar-refractivity contribution in [1.29, 1.82) is 0 Å². The molecule has 2 aromatic carbocycles. The zero-order valence-corrected chi connectivity index (χ0v) is 18.4. The van der Waals surface area contributed by atoms with E-state index in [0.29, 0.717) is 18.7 Å². The molecule has 1 amide bonds. The summed E-state index contributed by atoms with van der Waals surface area (Å²) in [6, 6.07) is 17.6. The lowest BCUT2D eigenvalue weighted by Crippen LogP contribution is -2.52. The molecule has 3 aromatic rings. The van der Waals surface area contributed by atoms with Crippen LogP contribution in [0.25, 0.3) is 11.0 Å². The molecule has 2 aliphatic heterocycles. The molecule has 1 aromatic heterocycles. The van der Waals surface area contributed by atoms with E-state index in [1.54, 1.807) is 0 Å². The number of piperidine rings is 1. The first-order valence-corrected chi connectivity index (χ1v) is 11.5. The summed E-state index contributed by atoms with van der Waals surface area (Å²) in [5.74, 6) is 0.854. The highest BCUT2D eigenvalue weighted by Crippen LogP contribution is 2.33. The van der Waals surface area contributed by atoms with Crippen LogP contribution in [0.2, 0.25) is 0 Å². The minimum atomic E-state index is -0.206. The fourth-order valence-corrected chi connectivity index (χ4v) is 4.99. The second kappa shape index (κ2) is 9.06. The van der Waals surface area contributed by atoms with E-state index in [1.807, 2.05) is 54.3 Å². The number of hydrogen-bond acceptors (Lipinski definition) is 5. The number of hydrogen-bond donors (Lipinski definition) is 1. The molecule has 6 nitrogen and oxygen atoms in total. The second-order valence-electron chi connectivity index (χ2n) is 8.90. The van der Waals surface area contributed by atoms with Crippen molar-refractivity contribution in [3.63, 3.8) is 0 Å². The number of carbonyl (C=O) groups excluding carboxylic acids is 1. The molecule has 1 N–H and O–H groups in total. The maximum absolute atomic E-state index is 13.7. The van der Waals surface area contributed by atoms with Crippen LogP contribution in [0.1, 0.15) is 40.6 Å². The fraction of sp³-hybridized carbons (Fsp3) is 0.423. The lowest BCUT2D eigenvalue weighted by atomic mass is 9.95. The minimum absolute atomic E-state index is 0.0157. The summed E-state index contributed by atoms with van der Waals surface area (Å²) < 4.78 is 11.9. The number of likely N-dealkylation sites (tertiary alicyclic amines) is 1. The summed E-state index contributed by atoms with van der Waals surface area (Å²) >= 11 is 0. The van der Waals surface area contributed by atoms with Crippen molar-refractivity contribution in [2.45, 2.75) is 38.0 Å². The monoisotopic (exact) mass is 434 g/mol. The summed E-state index contributed by atoms with van der Waals surface area (Å²) in [5.41, 5.74) is 2.55. The first kappa shape index (κ1) is 21.2. The largest absolute Gasteiger partial charge is 0.461 e. The topological polar surface area (TPSA) is 66.2 Å². The number of amides is 1. The third-order valence-corrected chi connectivity index (χ3v) is 6.64. The molecule has 0 saturated carbocycles. The second-order valence-corrected chi connectivity index (χ2v) is 8.90. The SMILES string of the molecule is Cc1cc2cc(C(=O)N3CCO[C@@H](CN4CCC(O)CC4)[C@@H]3c3ccccc3)ccc2o1. The van der Waals surface area contributed by atoms with Gasteiger partial charge in [0.15, 0.2) is 0 Å². The Morgan fingerprint density at radius 1 is 1.06 bits per heavy atom. The number of ether oxygens (including phenoxy) is 1. The van der Waals surface area contributed by atoms with Crippen molar-refractivity contribution in [1.82, 2.24) is 9.80 Å². The number of rotatable bonds is 4. The standard InChI is InChI=1S/C26H30N2O4/c1-18-15-21-16-20(7-8-23(21)32-18)26(30)28-13-14-31-24(17-27-11-9-22(29)10-12-27)25(28)19-5-3-2-4-6-19/h2-8,15-16,22,24-25,29H,9-14,17H2,1H3/t24-,25-/m0/s1. The number of aliphatic hydroxyl groups excluding tert-OH is 1. The first-order chi connectivity index (χ1) is 15.6. The highest BCUT2D eigenvalue weighted by molar-refractivity contribution is 5.98. The van der Waals surface area contributed by atoms with Gasteiger partial charge in [0.2, 0.25) is 0 Å². The number of aryl methyl sites for hydroxylation is 1. The Hall–Kier alpha value is -2.67. The normalized spacial score (nSPS) is 23.0. The van der Waals surface area contributed by atoms with Crippen LogP contribution in [-0.4, -0.2) is 65.8 Å². The molecule has 2 atom stereocenters. The van der Waals surface area contributed by atoms with Crippen LogP contribution in [0.4, 0.5) is 0 Å². The van der Waals surface area contributed by atoms with E-state index in [0.717, 1.165) is 54.8 Å². The zero-order valence-electron chi connectivity index (χ0n) is 18.4. The molecular formula is C26H30N2O4. The average molecular weight is 435 g/mol. The number of furan rings is 1. The van der Waals surface area contributed by atoms with Crippen LogP contribution in [0, 0.1) is 6.92 Å². The molecule has 0 aliphatic carbocycles. The number of nitrogens with zero attached hydrogens (tertiary/aromatic N) is 2. The van der Waals surface area contributed by atoms with E-state index >= 15 is 0 Å². The van der Waals surface area contributed by atoms with Gasteiger partial charge in [-0.2, -0.15) is 0 Å². The van der Waals surface area contributed by atoms with Crippen molar-refractivity contribution in [3.8, 4) is 0 Å². The lowest BCUT2D eigenvalue weighted by Gasteiger charge is -2.44. The molecule has 0 radical (unpaired) electrons. The van der Waals surface area contributed by atoms with Crippen molar-refractivity contribution >= 4 is 16.9 Å². The number of benzene rings is 2. The van der Waals surface area contributed by atoms with E-state index in [2.05, 4.69) is 17.0 Å². The molecule has 32 heavy (non-hydrogen) atoms. The van der Waals surface area contributed by atoms with Crippen molar-refractivity contribution < 1.29 is 19.1 Å². The molecule has 3 heterocycles. The lowest BCUT2D eigenvalue weighted by molar-refractivity contribution is -0.0770. The molecular weight excluding hydrogens is 404 g/mol. The molecule has 2 saturated heterocycles. The molecule has 168 valence electrons. The zero-order chi connectivity index (χ0) is 22.1. The fourth-order valence-electron chi connectivity index (χ4n) is 4.99. The summed E-state index contributed by atoms with van der Waals surface area (Å²) in [4.78, 5) is 18.0. The quantitative estimate of drug-likeness (QED) is 0.677. The predicted octanol–water partition coefficient (Wildman–Crippen LogP) is 3.78. The van der Waals surface area contributed by atoms with Crippen molar-refractivity contribution in [3.05, 3.63) is 71.5 Å². The Morgan fingerprint density at radius 3 is 2.62 bits per heavy atom. The van der Waals surface area contributed by atoms with Crippen LogP contribution >= 0.6 is 0 Å². The van der Waals surface area contributed by atoms with E-state index < -0.39 is 0 Å². The van der Waals surface area contributed by atoms with Gasteiger partial charge in [-0.05, 0) is 49.6 Å². The van der Waals surface area contributed by atoms with Gasteiger partial charge in [-0.25, -0.2) is 0 Å². The molecule has 0 bridgehead atoms. The average Bonchev–Trinajstić information content (AvgIpc) is 3.19. The molecule has 2 fully saturated rings. The van der Waals surface area contributed by atoms with E-state index in [4.69, 9.17) is 9.15 Å². The minimum Gasteiger partial charge on any atom is -0.461 e. The summed E-state index contributed by atoms with van der Waals surface area (Å²) in [6.07, 6.45) is 1.25. The molecule has 0 unspecified atom stereocenters. The van der Waals surface area contributed by atoms with E-state index in [1.165, 1.54) is 0 Å². The van der Waals surface area contributed by atoms with Crippen LogP contribution in [0.5, 0.6) is 0 Å². The van der Waals surface area contributed by atoms with Gasteiger partial charge in [0.05, 0.1) is 24.9 Å². The molecule has 0 spiro atoms. The maximum Gasteiger partial charge on any atom is 0.254 e. The highest BCUT2D eigenvalue weighted by atomic mass is 16.5. The summed E-state index contributed by atoms with van der Waals surface area (Å²) in [7, 11) is 0. The van der Waals surface area contributed by atoms with Crippen LogP contribution in [0.15, 0.2) is 59.0 Å². The Labute approximate surface area is 188 Å². The smallest absolute Gasteiger partial charge is 0.254 e. The first-order valence-electron chi connectivity index (χ1n) is 11.5. The number of fused-ring (bicyclic) bond motifs is 1. The Kier molecular flexibility index (Phi) is 6.00. The maximum atomic E-state index is 13.7. The molecule has 6 heteroatoms.